The van der Waals surface area contributed by atoms with Crippen molar-refractivity contribution >= 4 is 92.0 Å². The summed E-state index contributed by atoms with van der Waals surface area (Å²) in [4.78, 5) is 59.9. The third-order valence-electron chi connectivity index (χ3n) is 8.35. The fourth-order valence-electron chi connectivity index (χ4n) is 5.06. The van der Waals surface area contributed by atoms with Crippen LogP contribution in [0.4, 0.5) is 55.4 Å². The first kappa shape index (κ1) is 58.1. The van der Waals surface area contributed by atoms with Crippen LogP contribution in [-0.4, -0.2) is 88.5 Å². The zero-order chi connectivity index (χ0) is 53.1. The molecule has 0 aliphatic rings. The van der Waals surface area contributed by atoms with E-state index >= 15 is 0 Å². The highest BCUT2D eigenvalue weighted by Gasteiger charge is 2.39. The molecule has 10 aromatic heterocycles. The van der Waals surface area contributed by atoms with Gasteiger partial charge in [-0.25, -0.2) is 29.9 Å². The van der Waals surface area contributed by atoms with Crippen LogP contribution in [0.2, 0.25) is 0 Å². The van der Waals surface area contributed by atoms with E-state index in [-0.39, 0.29) is 20.1 Å². The van der Waals surface area contributed by atoms with Gasteiger partial charge >= 0.3 is 24.1 Å². The molecule has 0 aliphatic heterocycles. The van der Waals surface area contributed by atoms with Gasteiger partial charge in [-0.1, -0.05) is 26.2 Å². The highest BCUT2D eigenvalue weighted by atomic mass is 79.9. The summed E-state index contributed by atoms with van der Waals surface area (Å²) in [5.41, 5.74) is 7.77. The summed E-state index contributed by atoms with van der Waals surface area (Å²) >= 11 is 8.97. The zero-order valence-corrected chi connectivity index (χ0v) is 43.6. The third-order valence-corrected chi connectivity index (χ3v) is 11.9. The molecular formula is C43H35BBr2F6N19O2S2. The van der Waals surface area contributed by atoms with Gasteiger partial charge in [0.2, 0.25) is 11.6 Å². The zero-order valence-electron chi connectivity index (χ0n) is 38.8. The summed E-state index contributed by atoms with van der Waals surface area (Å²) in [6.45, 7) is 5.97. The second-order valence-electron chi connectivity index (χ2n) is 14.0. The van der Waals surface area contributed by atoms with Gasteiger partial charge in [0.1, 0.15) is 22.1 Å². The Morgan fingerprint density at radius 1 is 0.560 bits per heavy atom. The maximum atomic E-state index is 12.7. The topological polar surface area (TPSA) is 274 Å². The molecule has 10 rings (SSSR count). The van der Waals surface area contributed by atoms with Gasteiger partial charge in [-0.05, 0) is 61.0 Å². The van der Waals surface area contributed by atoms with Crippen LogP contribution in [0.1, 0.15) is 38.6 Å². The minimum absolute atomic E-state index is 0. The van der Waals surface area contributed by atoms with Gasteiger partial charge in [0.25, 0.3) is 0 Å². The van der Waals surface area contributed by atoms with Crippen LogP contribution in [0, 0.1) is 20.8 Å². The molecule has 0 spiro atoms. The van der Waals surface area contributed by atoms with Gasteiger partial charge in [-0.15, -0.1) is 22.7 Å². The molecule has 0 aliphatic carbocycles. The van der Waals surface area contributed by atoms with Crippen LogP contribution in [0.25, 0.3) is 21.4 Å². The van der Waals surface area contributed by atoms with E-state index in [0.717, 1.165) is 31.4 Å². The number of thiophene rings is 2. The number of halogens is 8. The van der Waals surface area contributed by atoms with Gasteiger partial charge < -0.3 is 25.0 Å². The van der Waals surface area contributed by atoms with Gasteiger partial charge in [-0.2, -0.15) is 36.3 Å². The number of aryl methyl sites for hydroxylation is 3. The molecule has 0 saturated heterocycles. The highest BCUT2D eigenvalue weighted by Crippen LogP contribution is 2.34. The molecule has 10 aromatic rings. The molecule has 0 unspecified atom stereocenters. The molecule has 32 heteroatoms. The van der Waals surface area contributed by atoms with E-state index < -0.39 is 24.1 Å². The lowest BCUT2D eigenvalue weighted by atomic mass is 10.3. The number of rotatable bonds is 9. The van der Waals surface area contributed by atoms with Crippen molar-refractivity contribution < 1.29 is 35.4 Å². The summed E-state index contributed by atoms with van der Waals surface area (Å²) in [7, 11) is 0. The molecule has 0 atom stereocenters. The van der Waals surface area contributed by atoms with Gasteiger partial charge in [0.15, 0.2) is 11.6 Å². The number of nitrogens with zero attached hydrogens (tertiary/aromatic N) is 17. The number of hydrogen-bond donors (Lipinski definition) is 2. The maximum Gasteiger partial charge on any atom is 0.471 e. The molecular weight excluding hydrogens is 1160 g/mol. The Morgan fingerprint density at radius 3 is 1.48 bits per heavy atom. The quantitative estimate of drug-likeness (QED) is 0.0772. The molecule has 21 nitrogen and oxygen atoms in total. The molecule has 0 aromatic carbocycles. The molecule has 75 heavy (non-hydrogen) atoms. The van der Waals surface area contributed by atoms with Crippen LogP contribution in [0.15, 0.2) is 131 Å². The Bertz CT molecular complexity index is 3200. The van der Waals surface area contributed by atoms with Crippen molar-refractivity contribution in [3.63, 3.8) is 0 Å². The molecule has 10 heterocycles. The van der Waals surface area contributed by atoms with Crippen molar-refractivity contribution in [2.24, 2.45) is 0 Å². The third kappa shape index (κ3) is 18.9. The van der Waals surface area contributed by atoms with Crippen molar-refractivity contribution in [1.29, 1.82) is 0 Å². The highest BCUT2D eigenvalue weighted by molar-refractivity contribution is 9.10. The molecule has 3 N–H and O–H groups in total. The predicted molar refractivity (Wildman–Crippen MR) is 271 cm³/mol. The standard InChI is InChI=1S/C17H12F3N7OS.C9H9N5.C8H4BrF3N2OS.C5H5BrN2.C4H5N3.B/c1-10-6-24-14(8-23-10)27(13-7-21-4-5-22-13)9-11-2-3-12(29-11)15-25-16(28-26-15)17(18,19)20;1-7-4-13-9(6-12-7)14-8-5-10-2-3-11-8;9-3-4-1-2-5(16-4)6-13-7(15-14-6)8(10,11)12;1-4-2-8-5(6)3-7-4;5-4-3-6-1-2-7-4;/h2-8H,9H2,1H3;2-6H,1H3,(H,11,13,14);1-2H,3H2;2-3H,1H3;1-3H,(H2,5,7);. The summed E-state index contributed by atoms with van der Waals surface area (Å²) < 4.78 is 83.8. The maximum absolute atomic E-state index is 12.7. The first-order valence-electron chi connectivity index (χ1n) is 20.6. The summed E-state index contributed by atoms with van der Waals surface area (Å²) in [6.07, 6.45) is 14.9. The normalized spacial score (nSPS) is 10.7. The molecule has 0 fully saturated rings. The van der Waals surface area contributed by atoms with E-state index in [1.54, 1.807) is 116 Å². The second kappa shape index (κ2) is 28.0. The number of nitrogens with one attached hydrogen (secondary N) is 1. The Morgan fingerprint density at radius 2 is 1.07 bits per heavy atom. The Balaban J connectivity index is 0.000000191. The Labute approximate surface area is 448 Å². The van der Waals surface area contributed by atoms with E-state index in [1.807, 2.05) is 20.8 Å². The molecule has 3 radical (unpaired) electrons. The Hall–Kier alpha value is -7.84. The average molecular weight is 1200 g/mol. The number of nitrogens with two attached hydrogens (primary N) is 1. The summed E-state index contributed by atoms with van der Waals surface area (Å²) in [5.74, 6) is 0.0443. The number of alkyl halides is 7. The van der Waals surface area contributed by atoms with Crippen LogP contribution in [0.5, 0.6) is 0 Å². The van der Waals surface area contributed by atoms with Gasteiger partial charge in [0.05, 0.1) is 83.0 Å². The molecule has 0 saturated carbocycles. The minimum Gasteiger partial charge on any atom is -0.382 e. The second-order valence-corrected chi connectivity index (χ2v) is 17.8. The average Bonchev–Trinajstić information content (AvgIpc) is 4.25. The summed E-state index contributed by atoms with van der Waals surface area (Å²) in [5, 5.41) is 10.3. The lowest BCUT2D eigenvalue weighted by Crippen LogP contribution is -2.18. The van der Waals surface area contributed by atoms with Crippen molar-refractivity contribution in [1.82, 2.24) is 80.1 Å². The van der Waals surface area contributed by atoms with Gasteiger partial charge in [-0.3, -0.25) is 29.9 Å². The van der Waals surface area contributed by atoms with E-state index in [0.29, 0.717) is 50.7 Å². The lowest BCUT2D eigenvalue weighted by molar-refractivity contribution is -0.160. The van der Waals surface area contributed by atoms with Crippen molar-refractivity contribution in [3.05, 3.63) is 160 Å². The van der Waals surface area contributed by atoms with E-state index in [4.69, 9.17) is 5.73 Å². The molecule has 385 valence electrons. The van der Waals surface area contributed by atoms with Crippen molar-refractivity contribution in [3.8, 4) is 21.4 Å². The monoisotopic (exact) mass is 1200 g/mol. The van der Waals surface area contributed by atoms with Crippen LogP contribution in [0.3, 0.4) is 0 Å². The largest absolute Gasteiger partial charge is 0.471 e. The van der Waals surface area contributed by atoms with Crippen LogP contribution < -0.4 is 16.0 Å². The van der Waals surface area contributed by atoms with E-state index in [9.17, 15) is 26.3 Å². The fraction of sp³-hybridized carbons (Fsp3) is 0.163. The molecule has 0 bridgehead atoms. The van der Waals surface area contributed by atoms with E-state index in [2.05, 4.69) is 126 Å². The first-order valence-corrected chi connectivity index (χ1v) is 24.1. The minimum atomic E-state index is -4.68. The number of aromatic nitrogens is 16. The Kier molecular flexibility index (Phi) is 21.7. The number of anilines is 5. The number of hydrogen-bond acceptors (Lipinski definition) is 23. The smallest absolute Gasteiger partial charge is 0.382 e. The van der Waals surface area contributed by atoms with E-state index in [1.165, 1.54) is 28.9 Å². The molecule has 0 amide bonds. The van der Waals surface area contributed by atoms with Crippen LogP contribution >= 0.6 is 54.5 Å². The first-order chi connectivity index (χ1) is 35.4. The SMILES string of the molecule is Cc1cnc(Br)cn1.Cc1cnc(N(Cc2ccc(-c3noc(C(F)(F)F)n3)s2)c2cnccn2)cn1.Cc1cnc(Nc2cnccn2)cn1.FC(F)(F)c1nc(-c2ccc(CBr)s2)no1.Nc1cnccn1.[B]. The fourth-order valence-corrected chi connectivity index (χ4v) is 7.50. The van der Waals surface area contributed by atoms with Gasteiger partial charge in [0, 0.05) is 66.9 Å². The predicted octanol–water partition coefficient (Wildman–Crippen LogP) is 10.3. The van der Waals surface area contributed by atoms with Crippen LogP contribution in [-0.2, 0) is 24.2 Å². The lowest BCUT2D eigenvalue weighted by Gasteiger charge is -2.21. The van der Waals surface area contributed by atoms with Crippen molar-refractivity contribution in [2.75, 3.05) is 16.0 Å². The van der Waals surface area contributed by atoms with Crippen molar-refractivity contribution in [2.45, 2.75) is 45.0 Å². The number of nitrogen functional groups attached to an aromatic ring is 1. The summed E-state index contributed by atoms with van der Waals surface area (Å²) in [6, 6.07) is 6.86.